The molecule has 0 radical (unpaired) electrons. The van der Waals surface area contributed by atoms with Gasteiger partial charge < -0.3 is 0 Å². The molecular weight excluding hydrogens is 192 g/mol. The molecule has 0 aliphatic rings. The second kappa shape index (κ2) is 6.73. The van der Waals surface area contributed by atoms with Gasteiger partial charge in [-0.05, 0) is 37.2 Å². The fourth-order valence-electron chi connectivity index (χ4n) is 1.93. The molecule has 0 nitrogen and oxygen atoms in total. The Kier molecular flexibility index (Phi) is 5.59. The molecule has 0 spiro atoms. The Bertz CT molecular complexity index is 281. The van der Waals surface area contributed by atoms with E-state index in [2.05, 4.69) is 52.0 Å². The summed E-state index contributed by atoms with van der Waals surface area (Å²) in [6.07, 6.45) is 5.31. The zero-order valence-corrected chi connectivity index (χ0v) is 11.3. The summed E-state index contributed by atoms with van der Waals surface area (Å²) in [6, 6.07) is 8.97. The minimum Gasteiger partial charge on any atom is -0.0628 e. The van der Waals surface area contributed by atoms with Crippen LogP contribution >= 0.6 is 0 Å². The molecular formula is C16H26. The molecule has 0 saturated heterocycles. The van der Waals surface area contributed by atoms with E-state index in [1.165, 1.54) is 36.8 Å². The van der Waals surface area contributed by atoms with Crippen molar-refractivity contribution in [3.63, 3.8) is 0 Å². The highest BCUT2D eigenvalue weighted by atomic mass is 14.1. The minimum atomic E-state index is 0.849. The van der Waals surface area contributed by atoms with Gasteiger partial charge >= 0.3 is 0 Å². The van der Waals surface area contributed by atoms with E-state index in [4.69, 9.17) is 0 Å². The highest BCUT2D eigenvalue weighted by Crippen LogP contribution is 2.17. The summed E-state index contributed by atoms with van der Waals surface area (Å²) in [6.45, 7) is 9.16. The molecule has 0 N–H and O–H groups in total. The van der Waals surface area contributed by atoms with Crippen molar-refractivity contribution in [2.24, 2.45) is 11.8 Å². The molecule has 0 amide bonds. The van der Waals surface area contributed by atoms with E-state index in [0.717, 1.165) is 11.8 Å². The van der Waals surface area contributed by atoms with Gasteiger partial charge in [-0.1, -0.05) is 63.4 Å². The van der Waals surface area contributed by atoms with Crippen LogP contribution in [0.5, 0.6) is 0 Å². The molecule has 1 aromatic carbocycles. The molecule has 0 fully saturated rings. The molecule has 1 atom stereocenters. The van der Waals surface area contributed by atoms with Crippen molar-refractivity contribution in [1.82, 2.24) is 0 Å². The van der Waals surface area contributed by atoms with E-state index in [-0.39, 0.29) is 0 Å². The van der Waals surface area contributed by atoms with Crippen LogP contribution in [0.2, 0.25) is 0 Å². The maximum Gasteiger partial charge on any atom is -0.0276 e. The summed E-state index contributed by atoms with van der Waals surface area (Å²) in [5, 5.41) is 0. The molecule has 0 heterocycles. The third kappa shape index (κ3) is 5.34. The molecule has 16 heavy (non-hydrogen) atoms. The van der Waals surface area contributed by atoms with E-state index in [0.29, 0.717) is 0 Å². The quantitative estimate of drug-likeness (QED) is 0.630. The Morgan fingerprint density at radius 1 is 0.875 bits per heavy atom. The molecule has 1 unspecified atom stereocenters. The highest BCUT2D eigenvalue weighted by molar-refractivity contribution is 5.21. The summed E-state index contributed by atoms with van der Waals surface area (Å²) >= 11 is 0. The maximum atomic E-state index is 2.39. The maximum absolute atomic E-state index is 2.39. The lowest BCUT2D eigenvalue weighted by Gasteiger charge is -2.12. The van der Waals surface area contributed by atoms with Gasteiger partial charge in [0.25, 0.3) is 0 Å². The lowest BCUT2D eigenvalue weighted by atomic mass is 9.93. The summed E-state index contributed by atoms with van der Waals surface area (Å²) < 4.78 is 0. The average molecular weight is 218 g/mol. The molecule has 0 aliphatic heterocycles. The zero-order valence-electron chi connectivity index (χ0n) is 11.3. The van der Waals surface area contributed by atoms with Gasteiger partial charge in [0.15, 0.2) is 0 Å². The van der Waals surface area contributed by atoms with Crippen LogP contribution in [0.15, 0.2) is 24.3 Å². The monoisotopic (exact) mass is 218 g/mol. The van der Waals surface area contributed by atoms with Gasteiger partial charge in [0, 0.05) is 0 Å². The van der Waals surface area contributed by atoms with Crippen LogP contribution in [0.3, 0.4) is 0 Å². The van der Waals surface area contributed by atoms with Crippen LogP contribution in [0.1, 0.15) is 51.2 Å². The molecule has 1 rings (SSSR count). The Morgan fingerprint density at radius 3 is 2.06 bits per heavy atom. The number of rotatable bonds is 6. The van der Waals surface area contributed by atoms with Gasteiger partial charge in [-0.3, -0.25) is 0 Å². The van der Waals surface area contributed by atoms with E-state index in [1.807, 2.05) is 0 Å². The van der Waals surface area contributed by atoms with Crippen molar-refractivity contribution in [3.8, 4) is 0 Å². The van der Waals surface area contributed by atoms with Crippen LogP contribution in [0.25, 0.3) is 0 Å². The molecule has 0 aromatic heterocycles. The first kappa shape index (κ1) is 13.3. The van der Waals surface area contributed by atoms with E-state index < -0.39 is 0 Å². The van der Waals surface area contributed by atoms with Gasteiger partial charge in [0.05, 0.1) is 0 Å². The Hall–Kier alpha value is -0.780. The predicted octanol–water partition coefficient (Wildman–Crippen LogP) is 5.00. The van der Waals surface area contributed by atoms with Gasteiger partial charge in [-0.2, -0.15) is 0 Å². The van der Waals surface area contributed by atoms with Crippen molar-refractivity contribution in [3.05, 3.63) is 35.4 Å². The summed E-state index contributed by atoms with van der Waals surface area (Å²) in [4.78, 5) is 0. The number of benzene rings is 1. The Labute approximate surface area is 101 Å². The molecule has 0 aliphatic carbocycles. The summed E-state index contributed by atoms with van der Waals surface area (Å²) in [5.41, 5.74) is 2.85. The van der Waals surface area contributed by atoms with Crippen LogP contribution in [0.4, 0.5) is 0 Å². The fraction of sp³-hybridized carbons (Fsp3) is 0.625. The SMILES string of the molecule is Cc1ccc(CCC(C)CCC(C)C)cc1. The molecule has 1 aromatic rings. The lowest BCUT2D eigenvalue weighted by Crippen LogP contribution is -2.00. The molecule has 0 saturated carbocycles. The first-order chi connectivity index (χ1) is 7.58. The smallest absolute Gasteiger partial charge is 0.0276 e. The van der Waals surface area contributed by atoms with Gasteiger partial charge in [-0.15, -0.1) is 0 Å². The summed E-state index contributed by atoms with van der Waals surface area (Å²) in [7, 11) is 0. The van der Waals surface area contributed by atoms with Crippen LogP contribution in [0, 0.1) is 18.8 Å². The van der Waals surface area contributed by atoms with Crippen molar-refractivity contribution in [1.29, 1.82) is 0 Å². The van der Waals surface area contributed by atoms with Crippen molar-refractivity contribution in [2.75, 3.05) is 0 Å². The third-order valence-electron chi connectivity index (χ3n) is 3.28. The highest BCUT2D eigenvalue weighted by Gasteiger charge is 2.04. The van der Waals surface area contributed by atoms with Crippen molar-refractivity contribution in [2.45, 2.75) is 53.4 Å². The van der Waals surface area contributed by atoms with E-state index in [9.17, 15) is 0 Å². The van der Waals surface area contributed by atoms with Crippen LogP contribution in [-0.4, -0.2) is 0 Å². The predicted molar refractivity (Wildman–Crippen MR) is 72.7 cm³/mol. The average Bonchev–Trinajstić information content (AvgIpc) is 2.25. The van der Waals surface area contributed by atoms with Gasteiger partial charge in [-0.25, -0.2) is 0 Å². The largest absolute Gasteiger partial charge is 0.0628 e. The second-order valence-corrected chi connectivity index (χ2v) is 5.60. The second-order valence-electron chi connectivity index (χ2n) is 5.60. The lowest BCUT2D eigenvalue weighted by molar-refractivity contribution is 0.428. The van der Waals surface area contributed by atoms with Gasteiger partial charge in [0.2, 0.25) is 0 Å². The first-order valence-corrected chi connectivity index (χ1v) is 6.63. The summed E-state index contributed by atoms with van der Waals surface area (Å²) in [5.74, 6) is 1.71. The Morgan fingerprint density at radius 2 is 1.50 bits per heavy atom. The normalized spacial score (nSPS) is 13.1. The first-order valence-electron chi connectivity index (χ1n) is 6.63. The van der Waals surface area contributed by atoms with E-state index in [1.54, 1.807) is 0 Å². The Balaban J connectivity index is 2.26. The van der Waals surface area contributed by atoms with Gasteiger partial charge in [0.1, 0.15) is 0 Å². The molecule has 0 bridgehead atoms. The number of aryl methyl sites for hydroxylation is 2. The standard InChI is InChI=1S/C16H26/c1-13(2)5-6-14(3)7-10-16-11-8-15(4)9-12-16/h8-9,11-14H,5-7,10H2,1-4H3. The minimum absolute atomic E-state index is 0.849. The fourth-order valence-corrected chi connectivity index (χ4v) is 1.93. The van der Waals surface area contributed by atoms with Crippen LogP contribution < -0.4 is 0 Å². The third-order valence-corrected chi connectivity index (χ3v) is 3.28. The van der Waals surface area contributed by atoms with Crippen molar-refractivity contribution >= 4 is 0 Å². The number of hydrogen-bond acceptors (Lipinski definition) is 0. The zero-order chi connectivity index (χ0) is 12.0. The molecule has 90 valence electrons. The van der Waals surface area contributed by atoms with E-state index >= 15 is 0 Å². The molecule has 0 heteroatoms. The topological polar surface area (TPSA) is 0 Å². The van der Waals surface area contributed by atoms with Crippen LogP contribution in [-0.2, 0) is 6.42 Å². The van der Waals surface area contributed by atoms with Crippen molar-refractivity contribution < 1.29 is 0 Å². The number of hydrogen-bond donors (Lipinski definition) is 0.